The molecular weight excluding hydrogens is 446 g/mol. The molecule has 2 amide bonds. The summed E-state index contributed by atoms with van der Waals surface area (Å²) >= 11 is 5.83. The second kappa shape index (κ2) is 9.15. The first-order valence-electron chi connectivity index (χ1n) is 9.08. The quantitative estimate of drug-likeness (QED) is 0.461. The Bertz CT molecular complexity index is 1210. The van der Waals surface area contributed by atoms with Crippen molar-refractivity contribution in [3.05, 3.63) is 75.9 Å². The van der Waals surface area contributed by atoms with Gasteiger partial charge in [-0.25, -0.2) is 13.6 Å². The minimum Gasteiger partial charge on any atom is -0.465 e. The Morgan fingerprint density at radius 2 is 1.72 bits per heavy atom. The molecule has 0 aliphatic heterocycles. The van der Waals surface area contributed by atoms with Crippen molar-refractivity contribution in [2.24, 2.45) is 7.05 Å². The number of nitrogens with one attached hydrogen (secondary N) is 1. The lowest BCUT2D eigenvalue weighted by atomic mass is 10.2. The van der Waals surface area contributed by atoms with Gasteiger partial charge >= 0.3 is 5.97 Å². The van der Waals surface area contributed by atoms with Gasteiger partial charge in [0.2, 0.25) is 0 Å². The van der Waals surface area contributed by atoms with Crippen LogP contribution in [0.25, 0.3) is 0 Å². The zero-order valence-corrected chi connectivity index (χ0v) is 17.9. The van der Waals surface area contributed by atoms with E-state index in [2.05, 4.69) is 15.2 Å². The Hall–Kier alpha value is -3.79. The van der Waals surface area contributed by atoms with Gasteiger partial charge in [0.25, 0.3) is 11.8 Å². The predicted molar refractivity (Wildman–Crippen MR) is 113 cm³/mol. The van der Waals surface area contributed by atoms with Crippen LogP contribution in [0.4, 0.5) is 20.3 Å². The standard InChI is InChI=1S/C21H17ClF2N4O4/c1-27(12-6-4-11(5-7-12)21(31)32-3)20(30)17-10-18(28(2)26-17)25-19(29)13-8-15(23)16(24)9-14(13)22/h4-10H,1-3H3,(H,25,29). The van der Waals surface area contributed by atoms with Gasteiger partial charge < -0.3 is 15.0 Å². The molecule has 8 nitrogen and oxygen atoms in total. The number of hydrogen-bond acceptors (Lipinski definition) is 5. The van der Waals surface area contributed by atoms with Gasteiger partial charge in [-0.15, -0.1) is 0 Å². The number of carbonyl (C=O) groups excluding carboxylic acids is 3. The maximum atomic E-state index is 13.5. The van der Waals surface area contributed by atoms with E-state index >= 15 is 0 Å². The van der Waals surface area contributed by atoms with Crippen LogP contribution in [0.1, 0.15) is 31.2 Å². The van der Waals surface area contributed by atoms with E-state index in [-0.39, 0.29) is 22.1 Å². The Morgan fingerprint density at radius 1 is 1.09 bits per heavy atom. The van der Waals surface area contributed by atoms with Gasteiger partial charge in [-0.1, -0.05) is 11.6 Å². The van der Waals surface area contributed by atoms with Crippen LogP contribution in [0.2, 0.25) is 5.02 Å². The van der Waals surface area contributed by atoms with Crippen LogP contribution in [0.15, 0.2) is 42.5 Å². The van der Waals surface area contributed by atoms with E-state index in [9.17, 15) is 23.2 Å². The summed E-state index contributed by atoms with van der Waals surface area (Å²) in [4.78, 5) is 38.1. The van der Waals surface area contributed by atoms with Gasteiger partial charge in [0.05, 0.1) is 23.3 Å². The SMILES string of the molecule is COC(=O)c1ccc(N(C)C(=O)c2cc(NC(=O)c3cc(F)c(F)cc3Cl)n(C)n2)cc1. The van der Waals surface area contributed by atoms with Crippen LogP contribution in [-0.4, -0.2) is 41.7 Å². The lowest BCUT2D eigenvalue weighted by molar-refractivity contribution is 0.0600. The van der Waals surface area contributed by atoms with Crippen molar-refractivity contribution in [3.63, 3.8) is 0 Å². The normalized spacial score (nSPS) is 10.6. The zero-order valence-electron chi connectivity index (χ0n) is 17.1. The van der Waals surface area contributed by atoms with E-state index in [0.29, 0.717) is 23.4 Å². The number of methoxy groups -OCH3 is 1. The van der Waals surface area contributed by atoms with Crippen LogP contribution in [0, 0.1) is 11.6 Å². The van der Waals surface area contributed by atoms with Crippen LogP contribution in [0.3, 0.4) is 0 Å². The number of carbonyl (C=O) groups is 3. The van der Waals surface area contributed by atoms with Crippen LogP contribution >= 0.6 is 11.6 Å². The maximum Gasteiger partial charge on any atom is 0.337 e. The van der Waals surface area contributed by atoms with E-state index in [4.69, 9.17) is 11.6 Å². The van der Waals surface area contributed by atoms with Gasteiger partial charge in [-0.2, -0.15) is 5.10 Å². The molecule has 32 heavy (non-hydrogen) atoms. The number of benzene rings is 2. The summed E-state index contributed by atoms with van der Waals surface area (Å²) in [6.45, 7) is 0. The van der Waals surface area contributed by atoms with Crippen LogP contribution < -0.4 is 10.2 Å². The molecule has 11 heteroatoms. The van der Waals surface area contributed by atoms with Gasteiger partial charge in [-0.05, 0) is 36.4 Å². The Kier molecular flexibility index (Phi) is 6.54. The molecule has 0 saturated carbocycles. The van der Waals surface area contributed by atoms with Crippen LogP contribution in [0.5, 0.6) is 0 Å². The molecule has 0 aliphatic rings. The van der Waals surface area contributed by atoms with Crippen molar-refractivity contribution in [2.75, 3.05) is 24.4 Å². The molecule has 166 valence electrons. The molecule has 0 fully saturated rings. The number of aryl methyl sites for hydroxylation is 1. The van der Waals surface area contributed by atoms with Crippen molar-refractivity contribution < 1.29 is 27.9 Å². The minimum absolute atomic E-state index is 0.0127. The number of hydrogen-bond donors (Lipinski definition) is 1. The lowest BCUT2D eigenvalue weighted by Crippen LogP contribution is -2.26. The first kappa shape index (κ1) is 22.9. The molecule has 1 aromatic heterocycles. The molecule has 3 aromatic rings. The fourth-order valence-corrected chi connectivity index (χ4v) is 3.03. The lowest BCUT2D eigenvalue weighted by Gasteiger charge is -2.16. The van der Waals surface area contributed by atoms with Gasteiger partial charge in [0, 0.05) is 25.8 Å². The molecule has 0 bridgehead atoms. The summed E-state index contributed by atoms with van der Waals surface area (Å²) in [5, 5.41) is 6.28. The summed E-state index contributed by atoms with van der Waals surface area (Å²) in [5.74, 6) is -4.06. The summed E-state index contributed by atoms with van der Waals surface area (Å²) < 4.78 is 32.6. The first-order valence-corrected chi connectivity index (χ1v) is 9.46. The second-order valence-electron chi connectivity index (χ2n) is 6.64. The van der Waals surface area contributed by atoms with Gasteiger partial charge in [-0.3, -0.25) is 14.3 Å². The Labute approximate surface area is 186 Å². The van der Waals surface area contributed by atoms with Crippen molar-refractivity contribution in [3.8, 4) is 0 Å². The van der Waals surface area contributed by atoms with Crippen molar-refractivity contribution in [2.45, 2.75) is 0 Å². The van der Waals surface area contributed by atoms with Crippen molar-refractivity contribution in [1.82, 2.24) is 9.78 Å². The summed E-state index contributed by atoms with van der Waals surface area (Å²) in [7, 11) is 4.28. The molecule has 3 rings (SSSR count). The smallest absolute Gasteiger partial charge is 0.337 e. The largest absolute Gasteiger partial charge is 0.465 e. The Balaban J connectivity index is 1.78. The molecule has 0 atom stereocenters. The highest BCUT2D eigenvalue weighted by Crippen LogP contribution is 2.22. The number of anilines is 2. The Morgan fingerprint density at radius 3 is 2.34 bits per heavy atom. The van der Waals surface area contributed by atoms with E-state index in [1.165, 1.54) is 49.0 Å². The summed E-state index contributed by atoms with van der Waals surface area (Å²) in [5.41, 5.74) is 0.560. The maximum absolute atomic E-state index is 13.5. The molecule has 2 aromatic carbocycles. The fourth-order valence-electron chi connectivity index (χ4n) is 2.80. The number of aromatic nitrogens is 2. The molecule has 1 N–H and O–H groups in total. The average molecular weight is 463 g/mol. The summed E-state index contributed by atoms with van der Waals surface area (Å²) in [6, 6.07) is 8.88. The predicted octanol–water partition coefficient (Wildman–Crippen LogP) is 3.67. The van der Waals surface area contributed by atoms with Crippen molar-refractivity contribution >= 4 is 40.9 Å². The minimum atomic E-state index is -1.22. The van der Waals surface area contributed by atoms with Gasteiger partial charge in [0.15, 0.2) is 17.3 Å². The van der Waals surface area contributed by atoms with E-state index in [1.807, 2.05) is 0 Å². The number of halogens is 3. The molecule has 0 saturated heterocycles. The van der Waals surface area contributed by atoms with Crippen molar-refractivity contribution in [1.29, 1.82) is 0 Å². The molecule has 0 unspecified atom stereocenters. The zero-order chi connectivity index (χ0) is 23.6. The number of ether oxygens (including phenoxy) is 1. The number of rotatable bonds is 5. The average Bonchev–Trinajstić information content (AvgIpc) is 3.14. The second-order valence-corrected chi connectivity index (χ2v) is 7.05. The third-order valence-electron chi connectivity index (χ3n) is 4.58. The molecular formula is C21H17ClF2N4O4. The molecule has 1 heterocycles. The van der Waals surface area contributed by atoms with E-state index in [1.54, 1.807) is 12.1 Å². The fraction of sp³-hybridized carbons (Fsp3) is 0.143. The third kappa shape index (κ3) is 4.59. The highest BCUT2D eigenvalue weighted by atomic mass is 35.5. The topological polar surface area (TPSA) is 93.5 Å². The van der Waals surface area contributed by atoms with Gasteiger partial charge in [0.1, 0.15) is 5.82 Å². The third-order valence-corrected chi connectivity index (χ3v) is 4.89. The number of amides is 2. The highest BCUT2D eigenvalue weighted by Gasteiger charge is 2.21. The molecule has 0 radical (unpaired) electrons. The number of nitrogens with zero attached hydrogens (tertiary/aromatic N) is 3. The first-order chi connectivity index (χ1) is 15.1. The summed E-state index contributed by atoms with van der Waals surface area (Å²) in [6.07, 6.45) is 0. The molecule has 0 spiro atoms. The van der Waals surface area contributed by atoms with E-state index < -0.39 is 29.4 Å². The monoisotopic (exact) mass is 462 g/mol. The van der Waals surface area contributed by atoms with E-state index in [0.717, 1.165) is 0 Å². The highest BCUT2D eigenvalue weighted by molar-refractivity contribution is 6.34. The molecule has 0 aliphatic carbocycles. The number of esters is 1. The van der Waals surface area contributed by atoms with Crippen LogP contribution in [-0.2, 0) is 11.8 Å².